The smallest absolute Gasteiger partial charge is 0.261 e. The molecule has 27 heavy (non-hydrogen) atoms. The molecule has 0 radical (unpaired) electrons. The zero-order valence-electron chi connectivity index (χ0n) is 14.3. The van der Waals surface area contributed by atoms with Gasteiger partial charge in [-0.2, -0.15) is 0 Å². The fourth-order valence-corrected chi connectivity index (χ4v) is 3.78. The molecule has 9 heteroatoms. The number of hydrogen-bond acceptors (Lipinski definition) is 4. The maximum Gasteiger partial charge on any atom is 0.261 e. The fourth-order valence-electron chi connectivity index (χ4n) is 2.72. The van der Waals surface area contributed by atoms with E-state index in [4.69, 9.17) is 0 Å². The number of halogens is 1. The minimum Gasteiger partial charge on any atom is -0.342 e. The van der Waals surface area contributed by atoms with Crippen LogP contribution >= 0.6 is 0 Å². The van der Waals surface area contributed by atoms with Crippen molar-refractivity contribution < 1.29 is 22.4 Å². The van der Waals surface area contributed by atoms with Gasteiger partial charge in [0.25, 0.3) is 15.9 Å². The molecule has 2 amide bonds. The topological polar surface area (TPSA) is 86.8 Å². The van der Waals surface area contributed by atoms with Gasteiger partial charge in [0.05, 0.1) is 4.90 Å². The van der Waals surface area contributed by atoms with Gasteiger partial charge < -0.3 is 9.80 Å². The highest BCUT2D eigenvalue weighted by molar-refractivity contribution is 7.92. The molecule has 3 rings (SSSR count). The summed E-state index contributed by atoms with van der Waals surface area (Å²) in [6.45, 7) is 1.82. The lowest BCUT2D eigenvalue weighted by molar-refractivity contribution is -0.119. The molecule has 1 N–H and O–H groups in total. The van der Waals surface area contributed by atoms with E-state index in [9.17, 15) is 22.4 Å². The Balaban J connectivity index is 1.69. The van der Waals surface area contributed by atoms with Crippen molar-refractivity contribution >= 4 is 28.0 Å². The number of carbonyl (C=O) groups is 2. The number of carbonyl (C=O) groups excluding carboxylic acids is 2. The summed E-state index contributed by atoms with van der Waals surface area (Å²) in [5, 5.41) is 0. The van der Waals surface area contributed by atoms with E-state index in [1.807, 2.05) is 0 Å². The van der Waals surface area contributed by atoms with Crippen LogP contribution in [0.5, 0.6) is 0 Å². The van der Waals surface area contributed by atoms with E-state index in [0.717, 1.165) is 18.5 Å². The van der Waals surface area contributed by atoms with Crippen molar-refractivity contribution in [2.24, 2.45) is 0 Å². The van der Waals surface area contributed by atoms with Gasteiger partial charge in [-0.05, 0) is 48.5 Å². The van der Waals surface area contributed by atoms with Crippen molar-refractivity contribution in [1.29, 1.82) is 0 Å². The van der Waals surface area contributed by atoms with E-state index in [0.29, 0.717) is 31.7 Å². The van der Waals surface area contributed by atoms with E-state index < -0.39 is 15.8 Å². The Kier molecular flexibility index (Phi) is 5.41. The van der Waals surface area contributed by atoms with Crippen LogP contribution in [0.3, 0.4) is 0 Å². The normalized spacial score (nSPS) is 14.7. The highest BCUT2D eigenvalue weighted by Gasteiger charge is 2.22. The van der Waals surface area contributed by atoms with Gasteiger partial charge in [0.1, 0.15) is 5.82 Å². The van der Waals surface area contributed by atoms with Crippen molar-refractivity contribution in [2.45, 2.75) is 4.90 Å². The lowest BCUT2D eigenvalue weighted by atomic mass is 10.2. The molecule has 0 aliphatic carbocycles. The molecular formula is C18H18FN3O4S. The fraction of sp³-hybridized carbons (Fsp3) is 0.222. The number of piperazine rings is 1. The average Bonchev–Trinajstić information content (AvgIpc) is 2.69. The van der Waals surface area contributed by atoms with E-state index in [-0.39, 0.29) is 16.5 Å². The third-order valence-electron chi connectivity index (χ3n) is 4.26. The Labute approximate surface area is 156 Å². The first-order chi connectivity index (χ1) is 12.9. The zero-order valence-corrected chi connectivity index (χ0v) is 15.2. The number of amides is 2. The molecule has 0 atom stereocenters. The summed E-state index contributed by atoms with van der Waals surface area (Å²) >= 11 is 0. The van der Waals surface area contributed by atoms with Crippen molar-refractivity contribution in [2.75, 3.05) is 30.9 Å². The van der Waals surface area contributed by atoms with Crippen LogP contribution in [0.4, 0.5) is 10.1 Å². The van der Waals surface area contributed by atoms with Gasteiger partial charge in [0.15, 0.2) is 0 Å². The predicted molar refractivity (Wildman–Crippen MR) is 97.2 cm³/mol. The first kappa shape index (κ1) is 18.8. The van der Waals surface area contributed by atoms with Crippen molar-refractivity contribution in [3.05, 3.63) is 59.9 Å². The molecule has 0 bridgehead atoms. The molecule has 1 aliphatic rings. The summed E-state index contributed by atoms with van der Waals surface area (Å²) in [5.41, 5.74) is 0.611. The standard InChI is InChI=1S/C18H18FN3O4S/c19-15-3-5-16(6-4-15)20-27(25,26)17-7-1-14(2-8-17)18(24)22-11-9-21(13-23)10-12-22/h1-8,13,20H,9-12H2. The average molecular weight is 391 g/mol. The molecule has 0 unspecified atom stereocenters. The molecule has 0 spiro atoms. The number of benzene rings is 2. The molecule has 1 aliphatic heterocycles. The van der Waals surface area contributed by atoms with E-state index in [1.165, 1.54) is 36.4 Å². The molecule has 1 fully saturated rings. The SMILES string of the molecule is O=CN1CCN(C(=O)c2ccc(S(=O)(=O)Nc3ccc(F)cc3)cc2)CC1. The van der Waals surface area contributed by atoms with Crippen molar-refractivity contribution in [3.8, 4) is 0 Å². The van der Waals surface area contributed by atoms with Crippen LogP contribution in [-0.4, -0.2) is 56.7 Å². The van der Waals surface area contributed by atoms with Gasteiger partial charge in [-0.15, -0.1) is 0 Å². The van der Waals surface area contributed by atoms with Crippen molar-refractivity contribution in [1.82, 2.24) is 9.80 Å². The van der Waals surface area contributed by atoms with Crippen LogP contribution in [0.15, 0.2) is 53.4 Å². The Hall–Kier alpha value is -2.94. The first-order valence-electron chi connectivity index (χ1n) is 8.26. The second-order valence-corrected chi connectivity index (χ2v) is 7.75. The van der Waals surface area contributed by atoms with Crippen LogP contribution in [0.2, 0.25) is 0 Å². The predicted octanol–water partition coefficient (Wildman–Crippen LogP) is 1.54. The van der Waals surface area contributed by atoms with Gasteiger partial charge in [0, 0.05) is 37.4 Å². The highest BCUT2D eigenvalue weighted by Crippen LogP contribution is 2.18. The van der Waals surface area contributed by atoms with Gasteiger partial charge in [-0.1, -0.05) is 0 Å². The molecule has 1 heterocycles. The van der Waals surface area contributed by atoms with Gasteiger partial charge in [-0.3, -0.25) is 14.3 Å². The van der Waals surface area contributed by atoms with Crippen LogP contribution in [-0.2, 0) is 14.8 Å². The second-order valence-electron chi connectivity index (χ2n) is 6.07. The molecule has 0 saturated carbocycles. The lowest BCUT2D eigenvalue weighted by Crippen LogP contribution is -2.48. The minimum atomic E-state index is -3.85. The molecule has 7 nitrogen and oxygen atoms in total. The Morgan fingerprint density at radius 1 is 0.963 bits per heavy atom. The summed E-state index contributed by atoms with van der Waals surface area (Å²) < 4.78 is 40.1. The van der Waals surface area contributed by atoms with Crippen LogP contribution in [0, 0.1) is 5.82 Å². The van der Waals surface area contributed by atoms with E-state index in [2.05, 4.69) is 4.72 Å². The van der Waals surface area contributed by atoms with Gasteiger partial charge >= 0.3 is 0 Å². The summed E-state index contributed by atoms with van der Waals surface area (Å²) in [6.07, 6.45) is 0.760. The van der Waals surface area contributed by atoms with E-state index >= 15 is 0 Å². The molecular weight excluding hydrogens is 373 g/mol. The molecule has 142 valence electrons. The quantitative estimate of drug-likeness (QED) is 0.784. The number of nitrogens with one attached hydrogen (secondary N) is 1. The van der Waals surface area contributed by atoms with E-state index in [1.54, 1.807) is 9.80 Å². The molecule has 0 aromatic heterocycles. The third-order valence-corrected chi connectivity index (χ3v) is 5.66. The second kappa shape index (κ2) is 7.75. The summed E-state index contributed by atoms with van der Waals surface area (Å²) in [5.74, 6) is -0.675. The van der Waals surface area contributed by atoms with Crippen LogP contribution in [0.1, 0.15) is 10.4 Å². The summed E-state index contributed by atoms with van der Waals surface area (Å²) in [4.78, 5) is 26.4. The van der Waals surface area contributed by atoms with Crippen molar-refractivity contribution in [3.63, 3.8) is 0 Å². The maximum absolute atomic E-state index is 12.9. The number of sulfonamides is 1. The van der Waals surface area contributed by atoms with Crippen LogP contribution in [0.25, 0.3) is 0 Å². The van der Waals surface area contributed by atoms with Gasteiger partial charge in [-0.25, -0.2) is 12.8 Å². The molecule has 1 saturated heterocycles. The first-order valence-corrected chi connectivity index (χ1v) is 9.74. The molecule has 2 aromatic rings. The number of nitrogens with zero attached hydrogens (tertiary/aromatic N) is 2. The third kappa shape index (κ3) is 4.43. The van der Waals surface area contributed by atoms with Gasteiger partial charge in [0.2, 0.25) is 6.41 Å². The van der Waals surface area contributed by atoms with Crippen LogP contribution < -0.4 is 4.72 Å². The maximum atomic E-state index is 12.9. The Bertz CT molecular complexity index is 922. The number of anilines is 1. The summed E-state index contributed by atoms with van der Waals surface area (Å²) in [6, 6.07) is 10.6. The minimum absolute atomic E-state index is 0.00542. The largest absolute Gasteiger partial charge is 0.342 e. The summed E-state index contributed by atoms with van der Waals surface area (Å²) in [7, 11) is -3.85. The zero-order chi connectivity index (χ0) is 19.4. The Morgan fingerprint density at radius 3 is 2.11 bits per heavy atom. The Morgan fingerprint density at radius 2 is 1.56 bits per heavy atom. The number of hydrogen-bond donors (Lipinski definition) is 1. The highest BCUT2D eigenvalue weighted by atomic mass is 32.2. The lowest BCUT2D eigenvalue weighted by Gasteiger charge is -2.32. The monoisotopic (exact) mass is 391 g/mol. The number of rotatable bonds is 5. The molecule has 2 aromatic carbocycles.